The van der Waals surface area contributed by atoms with Crippen molar-refractivity contribution in [2.75, 3.05) is 0 Å². The van der Waals surface area contributed by atoms with Crippen molar-refractivity contribution in [3.63, 3.8) is 0 Å². The molecule has 0 heterocycles. The first kappa shape index (κ1) is 7.54. The molecule has 2 N–H and O–H groups in total. The van der Waals surface area contributed by atoms with Crippen molar-refractivity contribution in [2.24, 2.45) is 11.8 Å². The summed E-state index contributed by atoms with van der Waals surface area (Å²) in [7, 11) is 0. The van der Waals surface area contributed by atoms with Crippen LogP contribution in [0.5, 0.6) is 0 Å². The molecular formula is C7H12NO2. The van der Waals surface area contributed by atoms with Gasteiger partial charge in [0.1, 0.15) is 0 Å². The number of carbonyl (C=O) groups is 1. The van der Waals surface area contributed by atoms with Crippen LogP contribution in [0, 0.1) is 11.8 Å². The maximum Gasteiger partial charge on any atom is 0.241 e. The second kappa shape index (κ2) is 1.95. The number of nitrogens with one attached hydrogen (secondary N) is 1. The van der Waals surface area contributed by atoms with Crippen molar-refractivity contribution >= 4 is 5.91 Å². The van der Waals surface area contributed by atoms with Gasteiger partial charge in [-0.15, -0.1) is 0 Å². The first-order chi connectivity index (χ1) is 4.43. The van der Waals surface area contributed by atoms with Gasteiger partial charge in [-0.05, 0) is 26.2 Å². The Morgan fingerprint density at radius 3 is 2.30 bits per heavy atom. The molecule has 3 nitrogen and oxygen atoms in total. The van der Waals surface area contributed by atoms with Gasteiger partial charge in [0.2, 0.25) is 5.91 Å². The highest BCUT2D eigenvalue weighted by Crippen LogP contribution is 2.45. The molecule has 10 heavy (non-hydrogen) atoms. The third-order valence-corrected chi connectivity index (χ3v) is 2.03. The van der Waals surface area contributed by atoms with Crippen LogP contribution in [-0.4, -0.2) is 16.6 Å². The molecule has 1 radical (unpaired) electrons. The van der Waals surface area contributed by atoms with E-state index in [4.69, 9.17) is 5.73 Å². The van der Waals surface area contributed by atoms with E-state index in [9.17, 15) is 9.90 Å². The molecule has 0 aromatic carbocycles. The predicted octanol–water partition coefficient (Wildman–Crippen LogP) is 0.203. The summed E-state index contributed by atoms with van der Waals surface area (Å²) in [4.78, 5) is 10.4. The van der Waals surface area contributed by atoms with E-state index in [1.165, 1.54) is 0 Å². The summed E-state index contributed by atoms with van der Waals surface area (Å²) in [5.74, 6) is -0.704. The summed E-state index contributed by atoms with van der Waals surface area (Å²) in [6.07, 6.45) is 0.686. The van der Waals surface area contributed by atoms with Gasteiger partial charge >= 0.3 is 0 Å². The van der Waals surface area contributed by atoms with Crippen molar-refractivity contribution < 1.29 is 9.90 Å². The molecule has 0 aromatic heterocycles. The molecule has 0 aromatic rings. The van der Waals surface area contributed by atoms with Crippen LogP contribution in [0.4, 0.5) is 0 Å². The Hall–Kier alpha value is -0.570. The fourth-order valence-corrected chi connectivity index (χ4v) is 1.27. The normalized spacial score (nSPS) is 31.9. The molecule has 0 aliphatic heterocycles. The highest BCUT2D eigenvalue weighted by Gasteiger charge is 2.50. The molecule has 2 unspecified atom stereocenters. The molecule has 3 heteroatoms. The molecule has 1 saturated carbocycles. The maximum absolute atomic E-state index is 10.4. The summed E-state index contributed by atoms with van der Waals surface area (Å²) in [6, 6.07) is 0. The Morgan fingerprint density at radius 1 is 1.70 bits per heavy atom. The molecule has 2 atom stereocenters. The van der Waals surface area contributed by atoms with Crippen molar-refractivity contribution in [1.82, 2.24) is 5.73 Å². The Bertz CT molecular complexity index is 159. The average molecular weight is 142 g/mol. The SMILES string of the molecule is CC(C)(O)C1CC1C([NH])=O. The van der Waals surface area contributed by atoms with Crippen LogP contribution in [0.15, 0.2) is 0 Å². The largest absolute Gasteiger partial charge is 0.390 e. The Labute approximate surface area is 60.2 Å². The Balaban J connectivity index is 2.46. The molecule has 1 fully saturated rings. The predicted molar refractivity (Wildman–Crippen MR) is 36.0 cm³/mol. The highest BCUT2D eigenvalue weighted by atomic mass is 16.3. The van der Waals surface area contributed by atoms with E-state index in [0.29, 0.717) is 6.42 Å². The van der Waals surface area contributed by atoms with Gasteiger partial charge in [-0.1, -0.05) is 0 Å². The third-order valence-electron chi connectivity index (χ3n) is 2.03. The molecule has 1 aliphatic carbocycles. The molecule has 0 saturated heterocycles. The second-order valence-electron chi connectivity index (χ2n) is 3.47. The lowest BCUT2D eigenvalue weighted by Crippen LogP contribution is -2.24. The lowest BCUT2D eigenvalue weighted by Gasteiger charge is -2.15. The molecule has 1 rings (SSSR count). The average Bonchev–Trinajstić information content (AvgIpc) is 2.35. The standard InChI is InChI=1S/C7H12NO2/c1-7(2,10)5-3-4(5)6(8)9/h4-5,8,10H,3H2,1-2H3. The molecule has 1 amide bonds. The van der Waals surface area contributed by atoms with Crippen LogP contribution in [-0.2, 0) is 4.79 Å². The van der Waals surface area contributed by atoms with E-state index in [-0.39, 0.29) is 11.8 Å². The molecule has 57 valence electrons. The van der Waals surface area contributed by atoms with Crippen molar-refractivity contribution in [3.05, 3.63) is 0 Å². The second-order valence-corrected chi connectivity index (χ2v) is 3.47. The number of amides is 1. The fraction of sp³-hybridized carbons (Fsp3) is 0.857. The highest BCUT2D eigenvalue weighted by molar-refractivity contribution is 5.79. The lowest BCUT2D eigenvalue weighted by molar-refractivity contribution is -0.120. The number of rotatable bonds is 2. The van der Waals surface area contributed by atoms with E-state index < -0.39 is 11.5 Å². The minimum Gasteiger partial charge on any atom is -0.390 e. The molecule has 0 bridgehead atoms. The summed E-state index contributed by atoms with van der Waals surface area (Å²) < 4.78 is 0. The van der Waals surface area contributed by atoms with Gasteiger partial charge in [0, 0.05) is 5.92 Å². The zero-order chi connectivity index (χ0) is 7.94. The van der Waals surface area contributed by atoms with Gasteiger partial charge < -0.3 is 5.11 Å². The van der Waals surface area contributed by atoms with Crippen LogP contribution < -0.4 is 5.73 Å². The van der Waals surface area contributed by atoms with Crippen molar-refractivity contribution in [3.8, 4) is 0 Å². The quantitative estimate of drug-likeness (QED) is 0.598. The zero-order valence-electron chi connectivity index (χ0n) is 6.22. The summed E-state index contributed by atoms with van der Waals surface area (Å²) >= 11 is 0. The summed E-state index contributed by atoms with van der Waals surface area (Å²) in [6.45, 7) is 3.36. The molecule has 0 spiro atoms. The van der Waals surface area contributed by atoms with E-state index in [0.717, 1.165) is 0 Å². The Morgan fingerprint density at radius 2 is 2.20 bits per heavy atom. The van der Waals surface area contributed by atoms with E-state index >= 15 is 0 Å². The topological polar surface area (TPSA) is 61.1 Å². The number of aliphatic hydroxyl groups is 1. The van der Waals surface area contributed by atoms with Gasteiger partial charge in [0.15, 0.2) is 0 Å². The van der Waals surface area contributed by atoms with Gasteiger partial charge in [-0.25, -0.2) is 0 Å². The van der Waals surface area contributed by atoms with E-state index in [2.05, 4.69) is 0 Å². The fourth-order valence-electron chi connectivity index (χ4n) is 1.27. The number of hydrogen-bond donors (Lipinski definition) is 1. The van der Waals surface area contributed by atoms with E-state index in [1.54, 1.807) is 13.8 Å². The molecular weight excluding hydrogens is 130 g/mol. The minimum absolute atomic E-state index is 0.0255. The zero-order valence-corrected chi connectivity index (χ0v) is 6.22. The van der Waals surface area contributed by atoms with Gasteiger partial charge in [-0.2, -0.15) is 0 Å². The first-order valence-corrected chi connectivity index (χ1v) is 3.40. The maximum atomic E-state index is 10.4. The number of carbonyl (C=O) groups excluding carboxylic acids is 1. The van der Waals surface area contributed by atoms with Crippen LogP contribution >= 0.6 is 0 Å². The van der Waals surface area contributed by atoms with Gasteiger partial charge in [0.05, 0.1) is 5.60 Å². The van der Waals surface area contributed by atoms with Gasteiger partial charge in [0.25, 0.3) is 0 Å². The van der Waals surface area contributed by atoms with Crippen LogP contribution in [0.25, 0.3) is 0 Å². The van der Waals surface area contributed by atoms with E-state index in [1.807, 2.05) is 0 Å². The minimum atomic E-state index is -0.776. The van der Waals surface area contributed by atoms with Crippen LogP contribution in [0.1, 0.15) is 20.3 Å². The summed E-state index contributed by atoms with van der Waals surface area (Å²) in [5.41, 5.74) is 5.98. The van der Waals surface area contributed by atoms with Crippen LogP contribution in [0.3, 0.4) is 0 Å². The number of hydrogen-bond acceptors (Lipinski definition) is 2. The lowest BCUT2D eigenvalue weighted by atomic mass is 10.0. The van der Waals surface area contributed by atoms with Crippen LogP contribution in [0.2, 0.25) is 0 Å². The molecule has 1 aliphatic rings. The smallest absolute Gasteiger partial charge is 0.241 e. The Kier molecular flexibility index (Phi) is 1.47. The monoisotopic (exact) mass is 142 g/mol. The van der Waals surface area contributed by atoms with Gasteiger partial charge in [-0.3, -0.25) is 10.5 Å². The van der Waals surface area contributed by atoms with Crippen molar-refractivity contribution in [1.29, 1.82) is 0 Å². The van der Waals surface area contributed by atoms with Crippen molar-refractivity contribution in [2.45, 2.75) is 25.9 Å². The first-order valence-electron chi connectivity index (χ1n) is 3.40. The third kappa shape index (κ3) is 1.29. The summed E-state index contributed by atoms with van der Waals surface area (Å²) in [5, 5.41) is 9.34.